The van der Waals surface area contributed by atoms with Gasteiger partial charge in [0.15, 0.2) is 0 Å². The fraction of sp³-hybridized carbons (Fsp3) is 0.429. The summed E-state index contributed by atoms with van der Waals surface area (Å²) in [7, 11) is 0.687. The zero-order valence-electron chi connectivity index (χ0n) is 6.20. The third kappa shape index (κ3) is 1.96. The molecule has 0 saturated heterocycles. The van der Waals surface area contributed by atoms with E-state index in [4.69, 9.17) is 0 Å². The van der Waals surface area contributed by atoms with E-state index in [2.05, 4.69) is 35.9 Å². The van der Waals surface area contributed by atoms with Crippen molar-refractivity contribution in [1.29, 1.82) is 0 Å². The highest BCUT2D eigenvalue weighted by Crippen LogP contribution is 2.11. The van der Waals surface area contributed by atoms with E-state index in [0.29, 0.717) is 13.7 Å². The lowest BCUT2D eigenvalue weighted by Crippen LogP contribution is -1.89. The summed E-state index contributed by atoms with van der Waals surface area (Å²) in [6, 6.07) is 0. The zero-order valence-corrected chi connectivity index (χ0v) is 7.20. The fourth-order valence-corrected chi connectivity index (χ4v) is 1.12. The van der Waals surface area contributed by atoms with Crippen LogP contribution in [0.5, 0.6) is 0 Å². The van der Waals surface area contributed by atoms with Crippen LogP contribution in [0.25, 0.3) is 0 Å². The molecule has 0 fully saturated rings. The number of hydrogen-bond donors (Lipinski definition) is 0. The summed E-state index contributed by atoms with van der Waals surface area (Å²) in [5.74, 6) is 4.43. The van der Waals surface area contributed by atoms with Crippen molar-refractivity contribution in [3.63, 3.8) is 0 Å². The van der Waals surface area contributed by atoms with E-state index in [0.717, 1.165) is 5.70 Å². The van der Waals surface area contributed by atoms with Crippen LogP contribution in [0.15, 0.2) is 22.0 Å². The Morgan fingerprint density at radius 1 is 1.50 bits per heavy atom. The van der Waals surface area contributed by atoms with Crippen LogP contribution < -0.4 is 0 Å². The lowest BCUT2D eigenvalue weighted by atomic mass is 10.1. The molecular weight excluding hydrogens is 143 g/mol. The van der Waals surface area contributed by atoms with Gasteiger partial charge in [-0.1, -0.05) is 13.8 Å². The molecular formula is C7H11N2P. The monoisotopic (exact) mass is 154 g/mol. The van der Waals surface area contributed by atoms with E-state index >= 15 is 0 Å². The van der Waals surface area contributed by atoms with E-state index in [1.54, 1.807) is 0 Å². The molecule has 0 aromatic rings. The zero-order chi connectivity index (χ0) is 7.40. The molecule has 0 N–H and O–H groups in total. The van der Waals surface area contributed by atoms with Gasteiger partial charge in [0.1, 0.15) is 0 Å². The normalized spacial score (nSPS) is 18.1. The molecule has 1 aliphatic rings. The molecule has 1 unspecified atom stereocenters. The molecule has 0 amide bonds. The Hall–Kier alpha value is -0.620. The first-order valence-electron chi connectivity index (χ1n) is 3.32. The Kier molecular flexibility index (Phi) is 2.64. The van der Waals surface area contributed by atoms with Gasteiger partial charge in [-0.15, -0.1) is 7.83 Å². The largest absolute Gasteiger partial charge is 0.155 e. The molecule has 54 valence electrons. The van der Waals surface area contributed by atoms with E-state index in [1.165, 1.54) is 0 Å². The van der Waals surface area contributed by atoms with Gasteiger partial charge in [0.05, 0.1) is 11.6 Å². The van der Waals surface area contributed by atoms with Crippen LogP contribution in [0.4, 0.5) is 0 Å². The highest BCUT2D eigenvalue weighted by molar-refractivity contribution is 7.39. The van der Waals surface area contributed by atoms with Crippen LogP contribution in [-0.2, 0) is 0 Å². The standard InChI is InChI=1S/C7H11N2P/c1-6(2)7-3-4-10-5-8-9-7/h3-6,10H,1-2H3. The second kappa shape index (κ2) is 3.52. The molecule has 0 saturated carbocycles. The highest BCUT2D eigenvalue weighted by atomic mass is 31.0. The third-order valence-corrected chi connectivity index (χ3v) is 1.87. The maximum absolute atomic E-state index is 4.03. The van der Waals surface area contributed by atoms with E-state index in [1.807, 2.05) is 5.92 Å². The molecule has 0 spiro atoms. The minimum Gasteiger partial charge on any atom is -0.155 e. The van der Waals surface area contributed by atoms with E-state index < -0.39 is 0 Å². The molecule has 3 heteroatoms. The summed E-state index contributed by atoms with van der Waals surface area (Å²) in [5.41, 5.74) is 1.07. The first-order chi connectivity index (χ1) is 4.80. The highest BCUT2D eigenvalue weighted by Gasteiger charge is 1.99. The molecule has 0 bridgehead atoms. The van der Waals surface area contributed by atoms with Gasteiger partial charge in [-0.25, -0.2) is 0 Å². The van der Waals surface area contributed by atoms with Gasteiger partial charge in [-0.3, -0.25) is 0 Å². The molecule has 1 heterocycles. The Morgan fingerprint density at radius 3 is 3.00 bits per heavy atom. The molecule has 1 rings (SSSR count). The van der Waals surface area contributed by atoms with Gasteiger partial charge in [-0.05, 0) is 17.8 Å². The van der Waals surface area contributed by atoms with Crippen molar-refractivity contribution in [1.82, 2.24) is 0 Å². The minimum absolute atomic E-state index is 0.483. The average Bonchev–Trinajstić information content (AvgIpc) is 2.12. The first kappa shape index (κ1) is 7.49. The average molecular weight is 154 g/mol. The summed E-state index contributed by atoms with van der Waals surface area (Å²) in [6.45, 7) is 4.24. The van der Waals surface area contributed by atoms with Gasteiger partial charge >= 0.3 is 0 Å². The second-order valence-electron chi connectivity index (χ2n) is 2.42. The number of hydrogen-bond acceptors (Lipinski definition) is 2. The summed E-state index contributed by atoms with van der Waals surface area (Å²) in [6.07, 6.45) is 2.05. The smallest absolute Gasteiger partial charge is 0.0659 e. The van der Waals surface area contributed by atoms with Gasteiger partial charge in [0.2, 0.25) is 0 Å². The van der Waals surface area contributed by atoms with Gasteiger partial charge in [0.25, 0.3) is 0 Å². The first-order valence-corrected chi connectivity index (χ1v) is 4.48. The van der Waals surface area contributed by atoms with Gasteiger partial charge in [0, 0.05) is 0 Å². The van der Waals surface area contributed by atoms with Crippen LogP contribution in [-0.4, -0.2) is 11.7 Å². The number of rotatable bonds is 1. The van der Waals surface area contributed by atoms with Crippen molar-refractivity contribution in [2.45, 2.75) is 13.8 Å². The summed E-state index contributed by atoms with van der Waals surface area (Å²) in [5, 5.41) is 7.92. The number of allylic oxidation sites excluding steroid dienone is 2. The predicted molar refractivity (Wildman–Crippen MR) is 48.2 cm³/mol. The van der Waals surface area contributed by atoms with Crippen molar-refractivity contribution in [3.05, 3.63) is 11.8 Å². The molecule has 1 aliphatic heterocycles. The van der Waals surface area contributed by atoms with Crippen molar-refractivity contribution in [2.75, 3.05) is 0 Å². The Balaban J connectivity index is 2.81. The Morgan fingerprint density at radius 2 is 2.30 bits per heavy atom. The maximum Gasteiger partial charge on any atom is 0.0659 e. The second-order valence-corrected chi connectivity index (χ2v) is 3.35. The van der Waals surface area contributed by atoms with E-state index in [-0.39, 0.29) is 0 Å². The van der Waals surface area contributed by atoms with Crippen LogP contribution in [0.3, 0.4) is 0 Å². The molecule has 0 aromatic carbocycles. The van der Waals surface area contributed by atoms with Gasteiger partial charge in [-0.2, -0.15) is 10.2 Å². The maximum atomic E-state index is 4.03. The topological polar surface area (TPSA) is 24.7 Å². The molecule has 0 radical (unpaired) electrons. The Bertz CT molecular complexity index is 232. The fourth-order valence-electron chi connectivity index (χ4n) is 0.647. The minimum atomic E-state index is 0.483. The van der Waals surface area contributed by atoms with Crippen molar-refractivity contribution >= 4 is 19.5 Å². The van der Waals surface area contributed by atoms with Crippen molar-refractivity contribution in [3.8, 4) is 0 Å². The number of azo groups is 1. The molecule has 10 heavy (non-hydrogen) atoms. The van der Waals surface area contributed by atoms with Crippen LogP contribution in [0.1, 0.15) is 13.8 Å². The number of nitrogens with zero attached hydrogens (tertiary/aromatic N) is 2. The predicted octanol–water partition coefficient (Wildman–Crippen LogP) is 2.23. The van der Waals surface area contributed by atoms with Crippen molar-refractivity contribution < 1.29 is 0 Å². The van der Waals surface area contributed by atoms with Crippen LogP contribution >= 0.6 is 7.83 Å². The molecule has 0 aliphatic carbocycles. The lowest BCUT2D eigenvalue weighted by molar-refractivity contribution is 0.747. The SMILES string of the molecule is CC(C)C1=CC=[PH]=CN=N1. The van der Waals surface area contributed by atoms with E-state index in [9.17, 15) is 0 Å². The van der Waals surface area contributed by atoms with Crippen LogP contribution in [0, 0.1) is 5.92 Å². The lowest BCUT2D eigenvalue weighted by Gasteiger charge is -2.00. The summed E-state index contributed by atoms with van der Waals surface area (Å²) < 4.78 is 0. The van der Waals surface area contributed by atoms with Crippen LogP contribution in [0.2, 0.25) is 0 Å². The molecule has 0 aromatic heterocycles. The van der Waals surface area contributed by atoms with Gasteiger partial charge < -0.3 is 0 Å². The summed E-state index contributed by atoms with van der Waals surface area (Å²) in [4.78, 5) is 0. The quantitative estimate of drug-likeness (QED) is 0.517. The van der Waals surface area contributed by atoms with Crippen molar-refractivity contribution in [2.24, 2.45) is 16.1 Å². The summed E-state index contributed by atoms with van der Waals surface area (Å²) >= 11 is 0. The molecule has 2 nitrogen and oxygen atoms in total. The third-order valence-electron chi connectivity index (χ3n) is 1.25. The molecule has 1 atom stereocenters. The Labute approximate surface area is 62.1 Å².